The van der Waals surface area contributed by atoms with Crippen molar-refractivity contribution < 1.29 is 9.18 Å². The standard InChI is InChI=1S/C27H31FN4O/c28-23-13-7-6-12-22(23)20-30-15-9-16-31(19-18-30)27(33)25-24-14-5-2-8-17-32(24)26(29-25)21-10-3-1-4-11-21/h1,3-4,6-7,10-13H,2,5,8-9,14-20H2. The molecule has 6 heteroatoms. The number of fused-ring (bicyclic) bond motifs is 1. The minimum atomic E-state index is -0.163. The Morgan fingerprint density at radius 1 is 0.848 bits per heavy atom. The third-order valence-electron chi connectivity index (χ3n) is 6.83. The molecule has 5 rings (SSSR count). The molecule has 0 N–H and O–H groups in total. The van der Waals surface area contributed by atoms with Gasteiger partial charge in [-0.2, -0.15) is 0 Å². The first-order chi connectivity index (χ1) is 16.2. The predicted molar refractivity (Wildman–Crippen MR) is 127 cm³/mol. The lowest BCUT2D eigenvalue weighted by molar-refractivity contribution is 0.0754. The third-order valence-corrected chi connectivity index (χ3v) is 6.83. The molecule has 0 unspecified atom stereocenters. The molecule has 2 aromatic carbocycles. The van der Waals surface area contributed by atoms with Gasteiger partial charge in [0.15, 0.2) is 0 Å². The highest BCUT2D eigenvalue weighted by Gasteiger charge is 2.28. The summed E-state index contributed by atoms with van der Waals surface area (Å²) in [5.41, 5.74) is 3.48. The summed E-state index contributed by atoms with van der Waals surface area (Å²) >= 11 is 0. The molecule has 3 heterocycles. The summed E-state index contributed by atoms with van der Waals surface area (Å²) < 4.78 is 16.4. The topological polar surface area (TPSA) is 41.4 Å². The smallest absolute Gasteiger partial charge is 0.274 e. The normalized spacial score (nSPS) is 17.3. The quantitative estimate of drug-likeness (QED) is 0.580. The molecule has 1 fully saturated rings. The van der Waals surface area contributed by atoms with Crippen molar-refractivity contribution >= 4 is 5.91 Å². The van der Waals surface area contributed by atoms with Crippen molar-refractivity contribution in [2.24, 2.45) is 0 Å². The van der Waals surface area contributed by atoms with Gasteiger partial charge in [0.25, 0.3) is 5.91 Å². The van der Waals surface area contributed by atoms with Crippen LogP contribution < -0.4 is 0 Å². The summed E-state index contributed by atoms with van der Waals surface area (Å²) in [6, 6.07) is 17.1. The molecule has 0 bridgehead atoms. The Bertz CT molecular complexity index is 1110. The number of amides is 1. The highest BCUT2D eigenvalue weighted by molar-refractivity contribution is 5.94. The molecule has 2 aliphatic heterocycles. The average molecular weight is 447 g/mol. The molecule has 1 aromatic heterocycles. The van der Waals surface area contributed by atoms with Crippen molar-refractivity contribution in [3.8, 4) is 11.4 Å². The molecule has 5 nitrogen and oxygen atoms in total. The lowest BCUT2D eigenvalue weighted by Crippen LogP contribution is -2.36. The predicted octanol–water partition coefficient (Wildman–Crippen LogP) is 4.76. The number of rotatable bonds is 4. The number of imidazole rings is 1. The van der Waals surface area contributed by atoms with E-state index < -0.39 is 0 Å². The van der Waals surface area contributed by atoms with Crippen LogP contribution in [0.4, 0.5) is 4.39 Å². The first-order valence-corrected chi connectivity index (χ1v) is 12.1. The number of halogens is 1. The van der Waals surface area contributed by atoms with Crippen LogP contribution >= 0.6 is 0 Å². The SMILES string of the molecule is O=C(c1nc(-c2ccccc2)n2c1CCCCC2)N1CCCN(Cc2ccccc2F)CC1. The van der Waals surface area contributed by atoms with Crippen molar-refractivity contribution in [2.45, 2.75) is 45.2 Å². The maximum Gasteiger partial charge on any atom is 0.274 e. The molecule has 0 atom stereocenters. The summed E-state index contributed by atoms with van der Waals surface area (Å²) in [5, 5.41) is 0. The molecule has 2 aliphatic rings. The first kappa shape index (κ1) is 21.8. The van der Waals surface area contributed by atoms with Crippen LogP contribution in [0.15, 0.2) is 54.6 Å². The first-order valence-electron chi connectivity index (χ1n) is 12.1. The van der Waals surface area contributed by atoms with E-state index in [1.54, 1.807) is 6.07 Å². The Morgan fingerprint density at radius 3 is 2.52 bits per heavy atom. The number of hydrogen-bond acceptors (Lipinski definition) is 3. The molecule has 3 aromatic rings. The van der Waals surface area contributed by atoms with Gasteiger partial charge in [0, 0.05) is 50.4 Å². The van der Waals surface area contributed by atoms with Crippen LogP contribution in [0, 0.1) is 5.82 Å². The van der Waals surface area contributed by atoms with Gasteiger partial charge in [-0.3, -0.25) is 9.69 Å². The number of nitrogens with zero attached hydrogens (tertiary/aromatic N) is 4. The van der Waals surface area contributed by atoms with E-state index in [4.69, 9.17) is 4.98 Å². The molecule has 1 saturated heterocycles. The van der Waals surface area contributed by atoms with E-state index in [1.165, 1.54) is 12.5 Å². The molecular formula is C27H31FN4O. The molecule has 0 aliphatic carbocycles. The maximum absolute atomic E-state index is 14.1. The number of carbonyl (C=O) groups excluding carboxylic acids is 1. The van der Waals surface area contributed by atoms with Crippen molar-refractivity contribution in [3.05, 3.63) is 77.4 Å². The molecule has 0 radical (unpaired) electrons. The van der Waals surface area contributed by atoms with Gasteiger partial charge in [-0.15, -0.1) is 0 Å². The monoisotopic (exact) mass is 446 g/mol. The van der Waals surface area contributed by atoms with Crippen LogP contribution in [0.25, 0.3) is 11.4 Å². The summed E-state index contributed by atoms with van der Waals surface area (Å²) in [6.45, 7) is 4.43. The molecule has 33 heavy (non-hydrogen) atoms. The van der Waals surface area contributed by atoms with Crippen LogP contribution in [-0.4, -0.2) is 51.4 Å². The zero-order chi connectivity index (χ0) is 22.6. The van der Waals surface area contributed by atoms with E-state index in [0.717, 1.165) is 62.4 Å². The fraction of sp³-hybridized carbons (Fsp3) is 0.407. The second kappa shape index (κ2) is 9.87. The molecule has 0 saturated carbocycles. The maximum atomic E-state index is 14.1. The van der Waals surface area contributed by atoms with Crippen LogP contribution in [0.3, 0.4) is 0 Å². The van der Waals surface area contributed by atoms with Gasteiger partial charge in [-0.1, -0.05) is 55.0 Å². The van der Waals surface area contributed by atoms with Gasteiger partial charge >= 0.3 is 0 Å². The van der Waals surface area contributed by atoms with Crippen LogP contribution in [-0.2, 0) is 19.5 Å². The summed E-state index contributed by atoms with van der Waals surface area (Å²) in [7, 11) is 0. The Kier molecular flexibility index (Phi) is 6.53. The van der Waals surface area contributed by atoms with Gasteiger partial charge in [-0.05, 0) is 31.7 Å². The number of carbonyl (C=O) groups is 1. The second-order valence-corrected chi connectivity index (χ2v) is 9.07. The second-order valence-electron chi connectivity index (χ2n) is 9.07. The largest absolute Gasteiger partial charge is 0.336 e. The summed E-state index contributed by atoms with van der Waals surface area (Å²) in [5.74, 6) is 0.784. The minimum Gasteiger partial charge on any atom is -0.336 e. The lowest BCUT2D eigenvalue weighted by Gasteiger charge is -2.22. The fourth-order valence-corrected chi connectivity index (χ4v) is 5.05. The van der Waals surface area contributed by atoms with Crippen molar-refractivity contribution in [1.82, 2.24) is 19.4 Å². The molecular weight excluding hydrogens is 415 g/mol. The van der Waals surface area contributed by atoms with E-state index in [0.29, 0.717) is 30.9 Å². The van der Waals surface area contributed by atoms with Crippen molar-refractivity contribution in [3.63, 3.8) is 0 Å². The molecule has 172 valence electrons. The number of aromatic nitrogens is 2. The van der Waals surface area contributed by atoms with Crippen LogP contribution in [0.1, 0.15) is 47.4 Å². The van der Waals surface area contributed by atoms with Crippen molar-refractivity contribution in [2.75, 3.05) is 26.2 Å². The molecule has 1 amide bonds. The Labute approximate surface area is 194 Å². The Balaban J connectivity index is 1.36. The van der Waals surface area contributed by atoms with Gasteiger partial charge in [-0.25, -0.2) is 9.37 Å². The Morgan fingerprint density at radius 2 is 1.67 bits per heavy atom. The van der Waals surface area contributed by atoms with Crippen LogP contribution in [0.5, 0.6) is 0 Å². The highest BCUT2D eigenvalue weighted by Crippen LogP contribution is 2.28. The number of hydrogen-bond donors (Lipinski definition) is 0. The Hall–Kier alpha value is -2.99. The summed E-state index contributed by atoms with van der Waals surface area (Å²) in [4.78, 5) is 22.8. The minimum absolute atomic E-state index is 0.0376. The van der Waals surface area contributed by atoms with E-state index in [9.17, 15) is 9.18 Å². The van der Waals surface area contributed by atoms with E-state index >= 15 is 0 Å². The average Bonchev–Trinajstić information content (AvgIpc) is 3.00. The fourth-order valence-electron chi connectivity index (χ4n) is 5.05. The van der Waals surface area contributed by atoms with Crippen LogP contribution in [0.2, 0.25) is 0 Å². The zero-order valence-corrected chi connectivity index (χ0v) is 19.0. The lowest BCUT2D eigenvalue weighted by atomic mass is 10.1. The summed E-state index contributed by atoms with van der Waals surface area (Å²) in [6.07, 6.45) is 5.16. The molecule has 0 spiro atoms. The van der Waals surface area contributed by atoms with E-state index in [-0.39, 0.29) is 11.7 Å². The van der Waals surface area contributed by atoms with Gasteiger partial charge < -0.3 is 9.47 Å². The zero-order valence-electron chi connectivity index (χ0n) is 19.0. The van der Waals surface area contributed by atoms with E-state index in [2.05, 4.69) is 21.6 Å². The third kappa shape index (κ3) is 4.71. The van der Waals surface area contributed by atoms with Crippen molar-refractivity contribution in [1.29, 1.82) is 0 Å². The van der Waals surface area contributed by atoms with Gasteiger partial charge in [0.05, 0.1) is 5.69 Å². The van der Waals surface area contributed by atoms with Gasteiger partial charge in [0.2, 0.25) is 0 Å². The van der Waals surface area contributed by atoms with Gasteiger partial charge in [0.1, 0.15) is 17.3 Å². The number of benzene rings is 2. The van der Waals surface area contributed by atoms with E-state index in [1.807, 2.05) is 35.2 Å². The highest BCUT2D eigenvalue weighted by atomic mass is 19.1.